The van der Waals surface area contributed by atoms with Gasteiger partial charge in [-0.2, -0.15) is 0 Å². The number of hydrogen-bond donors (Lipinski definition) is 2. The van der Waals surface area contributed by atoms with Crippen LogP contribution in [0.15, 0.2) is 36.5 Å². The van der Waals surface area contributed by atoms with Crippen molar-refractivity contribution in [3.8, 4) is 11.1 Å². The second-order valence-corrected chi connectivity index (χ2v) is 4.42. The van der Waals surface area contributed by atoms with E-state index in [1.54, 1.807) is 12.1 Å². The first kappa shape index (κ1) is 12.5. The molecule has 0 aliphatic heterocycles. The summed E-state index contributed by atoms with van der Waals surface area (Å²) in [6, 6.07) is 9.24. The van der Waals surface area contributed by atoms with Gasteiger partial charge in [-0.25, -0.2) is 0 Å². The van der Waals surface area contributed by atoms with Gasteiger partial charge in [0.15, 0.2) is 0 Å². The molecule has 0 unspecified atom stereocenters. The van der Waals surface area contributed by atoms with E-state index >= 15 is 0 Å². The van der Waals surface area contributed by atoms with Crippen molar-refractivity contribution in [2.24, 2.45) is 5.73 Å². The lowest BCUT2D eigenvalue weighted by atomic mass is 9.99. The molecular weight excluding hydrogens is 244 g/mol. The highest BCUT2D eigenvalue weighted by Crippen LogP contribution is 2.25. The van der Waals surface area contributed by atoms with Gasteiger partial charge in [0, 0.05) is 17.3 Å². The van der Waals surface area contributed by atoms with E-state index in [0.29, 0.717) is 10.2 Å². The average Bonchev–Trinajstić information content (AvgIpc) is 2.39. The largest absolute Gasteiger partial charge is 0.366 e. The van der Waals surface area contributed by atoms with Crippen LogP contribution in [0.25, 0.3) is 11.1 Å². The average molecular weight is 258 g/mol. The first-order valence-electron chi connectivity index (χ1n) is 5.74. The lowest BCUT2D eigenvalue weighted by Crippen LogP contribution is -2.12. The molecule has 0 atom stereocenters. The Balaban J connectivity index is 2.69. The van der Waals surface area contributed by atoms with E-state index < -0.39 is 5.91 Å². The van der Waals surface area contributed by atoms with Gasteiger partial charge in [0.2, 0.25) is 5.91 Å². The van der Waals surface area contributed by atoms with Crippen molar-refractivity contribution in [3.63, 3.8) is 0 Å². The maximum absolute atomic E-state index is 11.4. The minimum Gasteiger partial charge on any atom is -0.366 e. The number of pyridine rings is 1. The number of amides is 1. The molecule has 3 nitrogen and oxygen atoms in total. The van der Waals surface area contributed by atoms with Crippen LogP contribution >= 0.6 is 12.2 Å². The molecule has 1 heterocycles. The van der Waals surface area contributed by atoms with Gasteiger partial charge in [0.25, 0.3) is 0 Å². The Morgan fingerprint density at radius 3 is 2.72 bits per heavy atom. The third kappa shape index (κ3) is 2.33. The summed E-state index contributed by atoms with van der Waals surface area (Å²) < 4.78 is 0.612. The minimum absolute atomic E-state index is 0.443. The van der Waals surface area contributed by atoms with Crippen LogP contribution in [-0.2, 0) is 6.42 Å². The number of H-pyrrole nitrogens is 1. The van der Waals surface area contributed by atoms with Crippen LogP contribution in [0.5, 0.6) is 0 Å². The van der Waals surface area contributed by atoms with Crippen LogP contribution < -0.4 is 5.73 Å². The smallest absolute Gasteiger partial charge is 0.249 e. The van der Waals surface area contributed by atoms with E-state index in [-0.39, 0.29) is 0 Å². The highest BCUT2D eigenvalue weighted by molar-refractivity contribution is 7.71. The fourth-order valence-corrected chi connectivity index (χ4v) is 2.09. The SMILES string of the molecule is CCc1c[nH]c(=S)c(-c2ccccc2C(N)=O)c1. The van der Waals surface area contributed by atoms with E-state index in [1.807, 2.05) is 24.4 Å². The molecular formula is C14H14N2OS. The van der Waals surface area contributed by atoms with Crippen molar-refractivity contribution in [3.05, 3.63) is 52.3 Å². The molecule has 1 aromatic heterocycles. The second-order valence-electron chi connectivity index (χ2n) is 4.01. The number of aromatic nitrogens is 1. The zero-order valence-electron chi connectivity index (χ0n) is 10.1. The van der Waals surface area contributed by atoms with E-state index in [0.717, 1.165) is 23.1 Å². The van der Waals surface area contributed by atoms with Gasteiger partial charge in [-0.3, -0.25) is 4.79 Å². The molecule has 18 heavy (non-hydrogen) atoms. The van der Waals surface area contributed by atoms with Crippen LogP contribution in [0.3, 0.4) is 0 Å². The van der Waals surface area contributed by atoms with Crippen LogP contribution in [0, 0.1) is 4.64 Å². The Morgan fingerprint density at radius 2 is 2.06 bits per heavy atom. The minimum atomic E-state index is -0.443. The molecule has 0 bridgehead atoms. The summed E-state index contributed by atoms with van der Waals surface area (Å²) in [4.78, 5) is 14.5. The number of primary amides is 1. The number of aryl methyl sites for hydroxylation is 1. The second kappa shape index (κ2) is 5.14. The van der Waals surface area contributed by atoms with Gasteiger partial charge in [-0.05, 0) is 29.7 Å². The number of benzene rings is 1. The summed E-state index contributed by atoms with van der Waals surface area (Å²) in [5.74, 6) is -0.443. The molecule has 2 aromatic rings. The fraction of sp³-hybridized carbons (Fsp3) is 0.143. The number of carbonyl (C=O) groups excluding carboxylic acids is 1. The Kier molecular flexibility index (Phi) is 3.58. The van der Waals surface area contributed by atoms with E-state index in [1.165, 1.54) is 0 Å². The molecule has 1 amide bonds. The molecule has 1 aromatic carbocycles. The number of nitrogens with two attached hydrogens (primary N) is 1. The lowest BCUT2D eigenvalue weighted by Gasteiger charge is -2.08. The van der Waals surface area contributed by atoms with Gasteiger partial charge in [-0.1, -0.05) is 37.3 Å². The summed E-state index contributed by atoms with van der Waals surface area (Å²) in [7, 11) is 0. The normalized spacial score (nSPS) is 10.3. The lowest BCUT2D eigenvalue weighted by molar-refractivity contribution is 0.100. The molecule has 0 spiro atoms. The topological polar surface area (TPSA) is 58.9 Å². The van der Waals surface area contributed by atoms with Crippen molar-refractivity contribution in [2.75, 3.05) is 0 Å². The molecule has 0 radical (unpaired) electrons. The van der Waals surface area contributed by atoms with Gasteiger partial charge in [-0.15, -0.1) is 0 Å². The Bertz CT molecular complexity index is 646. The fourth-order valence-electron chi connectivity index (χ4n) is 1.87. The Morgan fingerprint density at radius 1 is 1.33 bits per heavy atom. The van der Waals surface area contributed by atoms with Crippen molar-refractivity contribution in [2.45, 2.75) is 13.3 Å². The zero-order chi connectivity index (χ0) is 13.1. The van der Waals surface area contributed by atoms with Gasteiger partial charge in [0.05, 0.1) is 0 Å². The monoisotopic (exact) mass is 258 g/mol. The van der Waals surface area contributed by atoms with Gasteiger partial charge in [0.1, 0.15) is 4.64 Å². The molecule has 0 aliphatic rings. The van der Waals surface area contributed by atoms with Crippen LogP contribution in [-0.4, -0.2) is 10.9 Å². The highest BCUT2D eigenvalue weighted by atomic mass is 32.1. The van der Waals surface area contributed by atoms with E-state index in [9.17, 15) is 4.79 Å². The maximum Gasteiger partial charge on any atom is 0.249 e. The van der Waals surface area contributed by atoms with Crippen LogP contribution in [0.1, 0.15) is 22.8 Å². The number of hydrogen-bond acceptors (Lipinski definition) is 2. The molecule has 0 saturated carbocycles. The third-order valence-corrected chi connectivity index (χ3v) is 3.19. The standard InChI is InChI=1S/C14H14N2OS/c1-2-9-7-12(14(18)16-8-9)10-5-3-4-6-11(10)13(15)17/h3-8H,2H2,1H3,(H2,15,17)(H,16,18). The van der Waals surface area contributed by atoms with Crippen molar-refractivity contribution in [1.29, 1.82) is 0 Å². The number of nitrogens with one attached hydrogen (secondary N) is 1. The summed E-state index contributed by atoms with van der Waals surface area (Å²) in [5, 5.41) is 0. The molecule has 0 fully saturated rings. The molecule has 2 rings (SSSR count). The molecule has 0 saturated heterocycles. The Hall–Kier alpha value is -1.94. The van der Waals surface area contributed by atoms with Crippen molar-refractivity contribution >= 4 is 18.1 Å². The van der Waals surface area contributed by atoms with Crippen molar-refractivity contribution < 1.29 is 4.79 Å². The Labute approximate surface area is 111 Å². The van der Waals surface area contributed by atoms with Gasteiger partial charge < -0.3 is 10.7 Å². The maximum atomic E-state index is 11.4. The highest BCUT2D eigenvalue weighted by Gasteiger charge is 2.10. The predicted octanol–water partition coefficient (Wildman–Crippen LogP) is 3.07. The predicted molar refractivity (Wildman–Crippen MR) is 75.0 cm³/mol. The molecule has 0 aliphatic carbocycles. The van der Waals surface area contributed by atoms with Crippen molar-refractivity contribution in [1.82, 2.24) is 4.98 Å². The quantitative estimate of drug-likeness (QED) is 0.831. The van der Waals surface area contributed by atoms with Crippen LogP contribution in [0.2, 0.25) is 0 Å². The third-order valence-electron chi connectivity index (χ3n) is 2.85. The van der Waals surface area contributed by atoms with E-state index in [2.05, 4.69) is 11.9 Å². The number of aromatic amines is 1. The molecule has 4 heteroatoms. The molecule has 3 N–H and O–H groups in total. The zero-order valence-corrected chi connectivity index (χ0v) is 10.9. The van der Waals surface area contributed by atoms with E-state index in [4.69, 9.17) is 18.0 Å². The summed E-state index contributed by atoms with van der Waals surface area (Å²) in [5.41, 5.74) is 8.64. The number of rotatable bonds is 3. The first-order chi connectivity index (χ1) is 8.63. The molecule has 92 valence electrons. The first-order valence-corrected chi connectivity index (χ1v) is 6.15. The summed E-state index contributed by atoms with van der Waals surface area (Å²) >= 11 is 5.28. The summed E-state index contributed by atoms with van der Waals surface area (Å²) in [6.45, 7) is 2.07. The van der Waals surface area contributed by atoms with Crippen LogP contribution in [0.4, 0.5) is 0 Å². The summed E-state index contributed by atoms with van der Waals surface area (Å²) in [6.07, 6.45) is 2.79. The van der Waals surface area contributed by atoms with Gasteiger partial charge >= 0.3 is 0 Å². The number of carbonyl (C=O) groups is 1.